The van der Waals surface area contributed by atoms with Crippen LogP contribution in [0.3, 0.4) is 0 Å². The minimum Gasteiger partial charge on any atom is -0.336 e. The summed E-state index contributed by atoms with van der Waals surface area (Å²) in [6.45, 7) is 2.90. The molecular weight excluding hydrogens is 312 g/mol. The molecule has 5 nitrogen and oxygen atoms in total. The Balaban J connectivity index is 1.74. The highest BCUT2D eigenvalue weighted by atomic mass is 32.2. The van der Waals surface area contributed by atoms with Gasteiger partial charge in [0.2, 0.25) is 0 Å². The summed E-state index contributed by atoms with van der Waals surface area (Å²) in [4.78, 5) is 37.5. The summed E-state index contributed by atoms with van der Waals surface area (Å²) in [5, 5.41) is 1.87. The molecule has 0 spiro atoms. The first-order valence-corrected chi connectivity index (χ1v) is 8.52. The third kappa shape index (κ3) is 3.47. The molecule has 1 aromatic carbocycles. The van der Waals surface area contributed by atoms with Gasteiger partial charge in [-0.3, -0.25) is 19.7 Å². The van der Waals surface area contributed by atoms with Gasteiger partial charge in [-0.05, 0) is 61.7 Å². The number of likely N-dealkylation sites (tertiary alicyclic amines) is 1. The third-order valence-electron chi connectivity index (χ3n) is 4.16. The summed E-state index contributed by atoms with van der Waals surface area (Å²) < 4.78 is 0. The van der Waals surface area contributed by atoms with Crippen molar-refractivity contribution in [3.05, 3.63) is 40.3 Å². The van der Waals surface area contributed by atoms with Crippen LogP contribution in [0.15, 0.2) is 29.2 Å². The Morgan fingerprint density at radius 2 is 2.00 bits per heavy atom. The highest BCUT2D eigenvalue weighted by Gasteiger charge is 2.26. The number of hydrogen-bond acceptors (Lipinski definition) is 4. The van der Waals surface area contributed by atoms with Crippen molar-refractivity contribution in [3.8, 4) is 0 Å². The molecule has 1 aromatic rings. The van der Waals surface area contributed by atoms with Crippen LogP contribution < -0.4 is 5.32 Å². The van der Waals surface area contributed by atoms with Crippen molar-refractivity contribution in [3.63, 3.8) is 0 Å². The molecule has 1 unspecified atom stereocenters. The summed E-state index contributed by atoms with van der Waals surface area (Å²) in [7, 11) is 0. The van der Waals surface area contributed by atoms with Gasteiger partial charge in [0.25, 0.3) is 17.1 Å². The van der Waals surface area contributed by atoms with E-state index in [-0.39, 0.29) is 23.1 Å². The van der Waals surface area contributed by atoms with Gasteiger partial charge in [0.15, 0.2) is 0 Å². The molecule has 120 valence electrons. The van der Waals surface area contributed by atoms with Crippen LogP contribution in [0.5, 0.6) is 0 Å². The lowest BCUT2D eigenvalue weighted by molar-refractivity contribution is -0.115. The molecule has 0 aromatic heterocycles. The quantitative estimate of drug-likeness (QED) is 0.847. The molecule has 0 aliphatic carbocycles. The van der Waals surface area contributed by atoms with E-state index in [0.29, 0.717) is 10.5 Å². The highest BCUT2D eigenvalue weighted by Crippen LogP contribution is 2.26. The van der Waals surface area contributed by atoms with Gasteiger partial charge in [-0.2, -0.15) is 0 Å². The monoisotopic (exact) mass is 330 g/mol. The van der Waals surface area contributed by atoms with Crippen LogP contribution in [-0.2, 0) is 4.79 Å². The Bertz CT molecular complexity index is 682. The van der Waals surface area contributed by atoms with E-state index in [4.69, 9.17) is 0 Å². The van der Waals surface area contributed by atoms with Crippen LogP contribution in [0.25, 0.3) is 6.08 Å². The summed E-state index contributed by atoms with van der Waals surface area (Å²) in [5.41, 5.74) is 1.45. The maximum Gasteiger partial charge on any atom is 0.290 e. The van der Waals surface area contributed by atoms with Crippen LogP contribution in [-0.4, -0.2) is 34.5 Å². The van der Waals surface area contributed by atoms with Gasteiger partial charge in [-0.25, -0.2) is 0 Å². The fourth-order valence-electron chi connectivity index (χ4n) is 2.86. The smallest absolute Gasteiger partial charge is 0.290 e. The molecule has 6 heteroatoms. The standard InChI is InChI=1S/C17H18N2O3S/c1-11-4-2-3-9-19(11)16(21)13-7-5-12(6-8-13)10-14-15(20)18-17(22)23-14/h5-8,10-11H,2-4,9H2,1H3,(H,18,20,22)/b14-10-. The zero-order valence-electron chi connectivity index (χ0n) is 12.9. The lowest BCUT2D eigenvalue weighted by Crippen LogP contribution is -2.41. The van der Waals surface area contributed by atoms with Crippen LogP contribution in [0.2, 0.25) is 0 Å². The van der Waals surface area contributed by atoms with E-state index >= 15 is 0 Å². The topological polar surface area (TPSA) is 66.5 Å². The van der Waals surface area contributed by atoms with E-state index in [1.807, 2.05) is 4.90 Å². The Hall–Kier alpha value is -2.08. The SMILES string of the molecule is CC1CCCCN1C(=O)c1ccc(/C=C2\SC(=O)NC2=O)cc1. The molecule has 3 rings (SSSR count). The zero-order chi connectivity index (χ0) is 16.4. The second-order valence-corrected chi connectivity index (χ2v) is 6.83. The van der Waals surface area contributed by atoms with Crippen molar-refractivity contribution < 1.29 is 14.4 Å². The van der Waals surface area contributed by atoms with Gasteiger partial charge in [0.05, 0.1) is 4.91 Å². The lowest BCUT2D eigenvalue weighted by Gasteiger charge is -2.33. The molecule has 0 radical (unpaired) electrons. The molecule has 2 fully saturated rings. The van der Waals surface area contributed by atoms with E-state index in [9.17, 15) is 14.4 Å². The number of nitrogens with one attached hydrogen (secondary N) is 1. The van der Waals surface area contributed by atoms with Crippen molar-refractivity contribution in [2.75, 3.05) is 6.54 Å². The van der Waals surface area contributed by atoms with Gasteiger partial charge in [-0.15, -0.1) is 0 Å². The average molecular weight is 330 g/mol. The van der Waals surface area contributed by atoms with E-state index in [0.717, 1.165) is 36.7 Å². The van der Waals surface area contributed by atoms with Crippen molar-refractivity contribution in [1.82, 2.24) is 10.2 Å². The van der Waals surface area contributed by atoms with Gasteiger partial charge < -0.3 is 4.90 Å². The predicted molar refractivity (Wildman–Crippen MR) is 89.9 cm³/mol. The normalized spacial score (nSPS) is 23.3. The zero-order valence-corrected chi connectivity index (χ0v) is 13.7. The minimum atomic E-state index is -0.373. The summed E-state index contributed by atoms with van der Waals surface area (Å²) in [6, 6.07) is 7.42. The van der Waals surface area contributed by atoms with Gasteiger partial charge in [0.1, 0.15) is 0 Å². The van der Waals surface area contributed by atoms with Crippen molar-refractivity contribution in [2.24, 2.45) is 0 Å². The molecule has 2 aliphatic rings. The number of benzene rings is 1. The Morgan fingerprint density at radius 1 is 1.26 bits per heavy atom. The number of carbonyl (C=O) groups is 3. The highest BCUT2D eigenvalue weighted by molar-refractivity contribution is 8.18. The molecule has 2 heterocycles. The first-order chi connectivity index (χ1) is 11.0. The van der Waals surface area contributed by atoms with E-state index in [2.05, 4.69) is 12.2 Å². The number of nitrogens with zero attached hydrogens (tertiary/aromatic N) is 1. The van der Waals surface area contributed by atoms with Crippen LogP contribution in [0.4, 0.5) is 4.79 Å². The van der Waals surface area contributed by atoms with Crippen LogP contribution in [0.1, 0.15) is 42.1 Å². The maximum absolute atomic E-state index is 12.6. The fourth-order valence-corrected chi connectivity index (χ4v) is 3.54. The number of rotatable bonds is 2. The first kappa shape index (κ1) is 15.8. The Kier molecular flexibility index (Phi) is 4.52. The Labute approximate surface area is 139 Å². The number of piperidine rings is 1. The molecular formula is C17H18N2O3S. The van der Waals surface area contributed by atoms with Crippen molar-refractivity contribution in [2.45, 2.75) is 32.2 Å². The number of carbonyl (C=O) groups excluding carboxylic acids is 3. The van der Waals surface area contributed by atoms with E-state index in [1.54, 1.807) is 30.3 Å². The number of hydrogen-bond donors (Lipinski definition) is 1. The number of amides is 3. The van der Waals surface area contributed by atoms with E-state index in [1.165, 1.54) is 6.42 Å². The van der Waals surface area contributed by atoms with Gasteiger partial charge in [-0.1, -0.05) is 12.1 Å². The third-order valence-corrected chi connectivity index (χ3v) is 4.97. The first-order valence-electron chi connectivity index (χ1n) is 7.70. The molecule has 2 aliphatic heterocycles. The second kappa shape index (κ2) is 6.58. The molecule has 1 atom stereocenters. The summed E-state index contributed by atoms with van der Waals surface area (Å²) in [5.74, 6) is -0.318. The molecule has 2 saturated heterocycles. The average Bonchev–Trinajstić information content (AvgIpc) is 2.85. The summed E-state index contributed by atoms with van der Waals surface area (Å²) in [6.07, 6.45) is 4.94. The van der Waals surface area contributed by atoms with E-state index < -0.39 is 0 Å². The molecule has 0 saturated carbocycles. The number of imide groups is 1. The second-order valence-electron chi connectivity index (χ2n) is 5.82. The van der Waals surface area contributed by atoms with Crippen LogP contribution in [0, 0.1) is 0 Å². The minimum absolute atomic E-state index is 0.0552. The van der Waals surface area contributed by atoms with Gasteiger partial charge in [0, 0.05) is 18.2 Å². The largest absolute Gasteiger partial charge is 0.336 e. The fraction of sp³-hybridized carbons (Fsp3) is 0.353. The molecule has 23 heavy (non-hydrogen) atoms. The van der Waals surface area contributed by atoms with Crippen LogP contribution >= 0.6 is 11.8 Å². The van der Waals surface area contributed by atoms with Crippen molar-refractivity contribution in [1.29, 1.82) is 0 Å². The molecule has 0 bridgehead atoms. The maximum atomic E-state index is 12.6. The predicted octanol–water partition coefficient (Wildman–Crippen LogP) is 3.03. The molecule has 3 amide bonds. The van der Waals surface area contributed by atoms with Crippen molar-refractivity contribution >= 4 is 34.9 Å². The lowest BCUT2D eigenvalue weighted by atomic mass is 10.0. The number of thioether (sulfide) groups is 1. The molecule has 1 N–H and O–H groups in total. The Morgan fingerprint density at radius 3 is 2.61 bits per heavy atom. The summed E-state index contributed by atoms with van der Waals surface area (Å²) >= 11 is 0.888. The van der Waals surface area contributed by atoms with Gasteiger partial charge >= 0.3 is 0 Å².